The molecule has 66 valence electrons. The third-order valence-corrected chi connectivity index (χ3v) is 3.62. The van der Waals surface area contributed by atoms with Crippen molar-refractivity contribution >= 4 is 33.4 Å². The topological polar surface area (TPSA) is 26.0 Å². The fraction of sp³-hybridized carbons (Fsp3) is 0.333. The van der Waals surface area contributed by atoms with Crippen molar-refractivity contribution in [2.45, 2.75) is 18.2 Å². The summed E-state index contributed by atoms with van der Waals surface area (Å²) < 4.78 is 1.10. The highest BCUT2D eigenvalue weighted by atomic mass is 79.9. The second-order valence-electron chi connectivity index (χ2n) is 2.54. The van der Waals surface area contributed by atoms with Gasteiger partial charge < -0.3 is 5.73 Å². The van der Waals surface area contributed by atoms with Crippen LogP contribution in [0.5, 0.6) is 0 Å². The molecule has 0 amide bonds. The van der Waals surface area contributed by atoms with Gasteiger partial charge in [-0.25, -0.2) is 0 Å². The standard InChI is InChI=1S/C9H12BrNS/c1-2-5-12-9-4-3-7(11)6-8(9)10/h3-4,6H,2,5,11H2,1H3. The summed E-state index contributed by atoms with van der Waals surface area (Å²) in [6.07, 6.45) is 1.20. The van der Waals surface area contributed by atoms with Crippen LogP contribution in [0.3, 0.4) is 0 Å². The molecule has 0 saturated carbocycles. The highest BCUT2D eigenvalue weighted by Gasteiger charge is 1.99. The molecule has 0 unspecified atom stereocenters. The molecule has 0 aromatic heterocycles. The Kier molecular flexibility index (Phi) is 3.95. The molecule has 1 aromatic rings. The molecule has 0 heterocycles. The zero-order valence-corrected chi connectivity index (χ0v) is 9.41. The Morgan fingerprint density at radius 3 is 2.83 bits per heavy atom. The van der Waals surface area contributed by atoms with E-state index >= 15 is 0 Å². The number of hydrogen-bond acceptors (Lipinski definition) is 2. The van der Waals surface area contributed by atoms with E-state index in [-0.39, 0.29) is 0 Å². The Morgan fingerprint density at radius 2 is 2.25 bits per heavy atom. The van der Waals surface area contributed by atoms with Gasteiger partial charge in [0.1, 0.15) is 0 Å². The number of benzene rings is 1. The van der Waals surface area contributed by atoms with Gasteiger partial charge in [-0.3, -0.25) is 0 Å². The van der Waals surface area contributed by atoms with Crippen LogP contribution >= 0.6 is 27.7 Å². The van der Waals surface area contributed by atoms with Gasteiger partial charge in [0.05, 0.1) is 0 Å². The third-order valence-electron chi connectivity index (χ3n) is 1.42. The summed E-state index contributed by atoms with van der Waals surface area (Å²) >= 11 is 5.33. The maximum atomic E-state index is 5.62. The van der Waals surface area contributed by atoms with E-state index in [1.54, 1.807) is 0 Å². The lowest BCUT2D eigenvalue weighted by Gasteiger charge is -2.03. The van der Waals surface area contributed by atoms with Gasteiger partial charge in [0.15, 0.2) is 0 Å². The SMILES string of the molecule is CCCSc1ccc(N)cc1Br. The van der Waals surface area contributed by atoms with E-state index in [4.69, 9.17) is 5.73 Å². The van der Waals surface area contributed by atoms with Gasteiger partial charge >= 0.3 is 0 Å². The molecule has 1 rings (SSSR count). The summed E-state index contributed by atoms with van der Waals surface area (Å²) in [5.74, 6) is 1.16. The van der Waals surface area contributed by atoms with E-state index in [0.29, 0.717) is 0 Å². The molecule has 0 saturated heterocycles. The largest absolute Gasteiger partial charge is 0.399 e. The minimum atomic E-state index is 0.808. The minimum absolute atomic E-state index is 0.808. The second-order valence-corrected chi connectivity index (χ2v) is 4.53. The predicted octanol–water partition coefficient (Wildman–Crippen LogP) is 3.53. The van der Waals surface area contributed by atoms with Gasteiger partial charge in [-0.2, -0.15) is 0 Å². The molecule has 2 N–H and O–H groups in total. The number of nitrogen functional groups attached to an aromatic ring is 1. The van der Waals surface area contributed by atoms with E-state index in [2.05, 4.69) is 28.9 Å². The van der Waals surface area contributed by atoms with E-state index < -0.39 is 0 Å². The first-order valence-corrected chi connectivity index (χ1v) is 5.69. The Bertz CT molecular complexity index is 263. The van der Waals surface area contributed by atoms with E-state index in [1.807, 2.05) is 23.9 Å². The molecule has 0 spiro atoms. The molecule has 1 nitrogen and oxygen atoms in total. The van der Waals surface area contributed by atoms with Crippen molar-refractivity contribution in [3.8, 4) is 0 Å². The molecule has 0 radical (unpaired) electrons. The Balaban J connectivity index is 2.72. The van der Waals surface area contributed by atoms with Gasteiger partial charge in [0.25, 0.3) is 0 Å². The van der Waals surface area contributed by atoms with Crippen LogP contribution in [0.15, 0.2) is 27.6 Å². The molecule has 12 heavy (non-hydrogen) atoms. The Morgan fingerprint density at radius 1 is 1.50 bits per heavy atom. The van der Waals surface area contributed by atoms with Crippen LogP contribution in [0.1, 0.15) is 13.3 Å². The van der Waals surface area contributed by atoms with Crippen molar-refractivity contribution in [3.05, 3.63) is 22.7 Å². The Hall–Kier alpha value is -0.150. The average Bonchev–Trinajstić information content (AvgIpc) is 2.03. The number of hydrogen-bond donors (Lipinski definition) is 1. The summed E-state index contributed by atoms with van der Waals surface area (Å²) in [6, 6.07) is 5.93. The first-order valence-electron chi connectivity index (χ1n) is 3.92. The molecule has 3 heteroatoms. The highest BCUT2D eigenvalue weighted by molar-refractivity contribution is 9.10. The van der Waals surface area contributed by atoms with E-state index in [0.717, 1.165) is 15.9 Å². The fourth-order valence-corrected chi connectivity index (χ4v) is 2.37. The first kappa shape index (κ1) is 9.93. The third kappa shape index (κ3) is 2.72. The maximum Gasteiger partial charge on any atom is 0.0331 e. The molecule has 0 atom stereocenters. The summed E-state index contributed by atoms with van der Waals surface area (Å²) in [6.45, 7) is 2.18. The van der Waals surface area contributed by atoms with Crippen molar-refractivity contribution in [1.82, 2.24) is 0 Å². The van der Waals surface area contributed by atoms with Crippen LogP contribution in [0.2, 0.25) is 0 Å². The second kappa shape index (κ2) is 4.77. The highest BCUT2D eigenvalue weighted by Crippen LogP contribution is 2.29. The van der Waals surface area contributed by atoms with Gasteiger partial charge in [0, 0.05) is 15.1 Å². The first-order chi connectivity index (χ1) is 5.74. The zero-order valence-electron chi connectivity index (χ0n) is 7.01. The summed E-state index contributed by atoms with van der Waals surface area (Å²) in [4.78, 5) is 1.27. The quantitative estimate of drug-likeness (QED) is 0.652. The molecular formula is C9H12BrNS. The van der Waals surface area contributed by atoms with Gasteiger partial charge in [0.2, 0.25) is 0 Å². The van der Waals surface area contributed by atoms with Crippen molar-refractivity contribution in [2.75, 3.05) is 11.5 Å². The summed E-state index contributed by atoms with van der Waals surface area (Å²) in [7, 11) is 0. The molecule has 1 aromatic carbocycles. The smallest absolute Gasteiger partial charge is 0.0331 e. The van der Waals surface area contributed by atoms with Crippen LogP contribution in [-0.4, -0.2) is 5.75 Å². The molecular weight excluding hydrogens is 234 g/mol. The molecule has 0 aliphatic rings. The van der Waals surface area contributed by atoms with Crippen molar-refractivity contribution < 1.29 is 0 Å². The van der Waals surface area contributed by atoms with Crippen LogP contribution in [0.4, 0.5) is 5.69 Å². The number of halogens is 1. The number of thioether (sulfide) groups is 1. The number of nitrogens with two attached hydrogens (primary N) is 1. The molecule has 0 fully saturated rings. The molecule has 0 aliphatic heterocycles. The van der Waals surface area contributed by atoms with Crippen LogP contribution < -0.4 is 5.73 Å². The van der Waals surface area contributed by atoms with E-state index in [9.17, 15) is 0 Å². The zero-order chi connectivity index (χ0) is 8.97. The van der Waals surface area contributed by atoms with Gasteiger partial charge in [-0.15, -0.1) is 11.8 Å². The van der Waals surface area contributed by atoms with Gasteiger partial charge in [-0.05, 0) is 46.3 Å². The van der Waals surface area contributed by atoms with Crippen molar-refractivity contribution in [3.63, 3.8) is 0 Å². The van der Waals surface area contributed by atoms with E-state index in [1.165, 1.54) is 11.3 Å². The van der Waals surface area contributed by atoms with Crippen LogP contribution in [0.25, 0.3) is 0 Å². The number of rotatable bonds is 3. The summed E-state index contributed by atoms with van der Waals surface area (Å²) in [5, 5.41) is 0. The summed E-state index contributed by atoms with van der Waals surface area (Å²) in [5.41, 5.74) is 6.42. The number of anilines is 1. The Labute approximate surface area is 85.9 Å². The van der Waals surface area contributed by atoms with Crippen molar-refractivity contribution in [1.29, 1.82) is 0 Å². The lowest BCUT2D eigenvalue weighted by Crippen LogP contribution is -1.85. The van der Waals surface area contributed by atoms with Crippen LogP contribution in [-0.2, 0) is 0 Å². The normalized spacial score (nSPS) is 10.2. The molecule has 0 bridgehead atoms. The molecule has 0 aliphatic carbocycles. The van der Waals surface area contributed by atoms with Crippen LogP contribution in [0, 0.1) is 0 Å². The lowest BCUT2D eigenvalue weighted by molar-refractivity contribution is 1.10. The predicted molar refractivity (Wildman–Crippen MR) is 59.6 cm³/mol. The van der Waals surface area contributed by atoms with Crippen molar-refractivity contribution in [2.24, 2.45) is 0 Å². The average molecular weight is 246 g/mol. The lowest BCUT2D eigenvalue weighted by atomic mass is 10.3. The monoisotopic (exact) mass is 245 g/mol. The maximum absolute atomic E-state index is 5.62. The van der Waals surface area contributed by atoms with Gasteiger partial charge in [-0.1, -0.05) is 6.92 Å². The fourth-order valence-electron chi connectivity index (χ4n) is 0.846. The minimum Gasteiger partial charge on any atom is -0.399 e.